The fourth-order valence-electron chi connectivity index (χ4n) is 8.37. The second kappa shape index (κ2) is 7.63. The molecule has 0 aromatic carbocycles. The van der Waals surface area contributed by atoms with Crippen molar-refractivity contribution >= 4 is 0 Å². The molecule has 0 aromatic rings. The molecular weight excluding hydrogens is 336 g/mol. The summed E-state index contributed by atoms with van der Waals surface area (Å²) in [6.45, 7) is 16.9. The van der Waals surface area contributed by atoms with E-state index in [-0.39, 0.29) is 0 Å². The molecular formula is C28H46. The summed E-state index contributed by atoms with van der Waals surface area (Å²) in [4.78, 5) is 0. The van der Waals surface area contributed by atoms with Gasteiger partial charge in [-0.1, -0.05) is 70.8 Å². The molecule has 0 nitrogen and oxygen atoms in total. The smallest absolute Gasteiger partial charge is 0.00852 e. The molecule has 4 aliphatic carbocycles. The first-order valence-electron chi connectivity index (χ1n) is 12.7. The van der Waals surface area contributed by atoms with Gasteiger partial charge in [-0.25, -0.2) is 0 Å². The van der Waals surface area contributed by atoms with Gasteiger partial charge in [0.1, 0.15) is 0 Å². The van der Waals surface area contributed by atoms with Crippen molar-refractivity contribution in [1.29, 1.82) is 0 Å². The molecule has 2 fully saturated rings. The van der Waals surface area contributed by atoms with Gasteiger partial charge in [0.25, 0.3) is 0 Å². The average molecular weight is 383 g/mol. The van der Waals surface area contributed by atoms with Gasteiger partial charge in [-0.15, -0.1) is 0 Å². The molecule has 0 radical (unpaired) electrons. The number of hydrogen-bond acceptors (Lipinski definition) is 0. The molecule has 0 heterocycles. The maximum absolute atomic E-state index is 4.34. The standard InChI is InChI=1S/C28H46/c1-19(2)20(3)10-11-21(4)24-14-15-25-23-13-12-22-9-7-8-17-27(22,5)26(23)16-18-28(24,25)6/h19,21-22,24-25H,3,7-18H2,1-2,4-6H3. The highest BCUT2D eigenvalue weighted by molar-refractivity contribution is 5.34. The lowest BCUT2D eigenvalue weighted by atomic mass is 9.50. The summed E-state index contributed by atoms with van der Waals surface area (Å²) in [5, 5.41) is 0. The minimum atomic E-state index is 0.575. The first-order chi connectivity index (χ1) is 13.3. The van der Waals surface area contributed by atoms with Gasteiger partial charge in [0.05, 0.1) is 0 Å². The summed E-state index contributed by atoms with van der Waals surface area (Å²) in [7, 11) is 0. The predicted molar refractivity (Wildman–Crippen MR) is 122 cm³/mol. The lowest BCUT2D eigenvalue weighted by molar-refractivity contribution is 0.0666. The van der Waals surface area contributed by atoms with E-state index in [9.17, 15) is 0 Å². The molecule has 0 saturated heterocycles. The van der Waals surface area contributed by atoms with Crippen molar-refractivity contribution in [2.45, 2.75) is 112 Å². The summed E-state index contributed by atoms with van der Waals surface area (Å²) in [5.41, 5.74) is 6.58. The van der Waals surface area contributed by atoms with E-state index < -0.39 is 0 Å². The van der Waals surface area contributed by atoms with Crippen molar-refractivity contribution in [1.82, 2.24) is 0 Å². The first-order valence-corrected chi connectivity index (χ1v) is 12.7. The Labute approximate surface area is 175 Å². The molecule has 0 bridgehead atoms. The molecule has 6 atom stereocenters. The summed E-state index contributed by atoms with van der Waals surface area (Å²) in [6, 6.07) is 0. The second-order valence-electron chi connectivity index (χ2n) is 12.0. The molecule has 4 aliphatic rings. The lowest BCUT2D eigenvalue weighted by Crippen LogP contribution is -2.43. The van der Waals surface area contributed by atoms with Crippen LogP contribution in [0.2, 0.25) is 0 Å². The highest BCUT2D eigenvalue weighted by Crippen LogP contribution is 2.66. The molecule has 28 heavy (non-hydrogen) atoms. The fourth-order valence-corrected chi connectivity index (χ4v) is 8.37. The SMILES string of the molecule is C=C(CCC(C)C1CCC2C3=C(CCC21C)C1(C)CCCCC1CC3)C(C)C. The van der Waals surface area contributed by atoms with Gasteiger partial charge in [-0.3, -0.25) is 0 Å². The van der Waals surface area contributed by atoms with E-state index in [4.69, 9.17) is 0 Å². The zero-order chi connectivity index (χ0) is 20.1. The zero-order valence-corrected chi connectivity index (χ0v) is 19.6. The third kappa shape index (κ3) is 3.26. The van der Waals surface area contributed by atoms with Gasteiger partial charge < -0.3 is 0 Å². The third-order valence-corrected chi connectivity index (χ3v) is 10.4. The maximum Gasteiger partial charge on any atom is -0.00852 e. The van der Waals surface area contributed by atoms with Crippen LogP contribution in [0.15, 0.2) is 23.3 Å². The van der Waals surface area contributed by atoms with Crippen LogP contribution in [0.25, 0.3) is 0 Å². The number of rotatable bonds is 5. The van der Waals surface area contributed by atoms with Gasteiger partial charge >= 0.3 is 0 Å². The van der Waals surface area contributed by atoms with Crippen molar-refractivity contribution in [2.24, 2.45) is 40.4 Å². The molecule has 158 valence electrons. The Bertz CT molecular complexity index is 636. The largest absolute Gasteiger partial charge is 0.0996 e. The summed E-state index contributed by atoms with van der Waals surface area (Å²) in [6.07, 6.45) is 17.4. The summed E-state index contributed by atoms with van der Waals surface area (Å²) >= 11 is 0. The van der Waals surface area contributed by atoms with Crippen molar-refractivity contribution in [2.75, 3.05) is 0 Å². The topological polar surface area (TPSA) is 0 Å². The second-order valence-corrected chi connectivity index (χ2v) is 12.0. The van der Waals surface area contributed by atoms with E-state index in [0.717, 1.165) is 23.7 Å². The summed E-state index contributed by atoms with van der Waals surface area (Å²) < 4.78 is 0. The third-order valence-electron chi connectivity index (χ3n) is 10.4. The molecule has 2 saturated carbocycles. The number of fused-ring (bicyclic) bond motifs is 4. The highest BCUT2D eigenvalue weighted by Gasteiger charge is 2.55. The van der Waals surface area contributed by atoms with E-state index in [1.807, 2.05) is 11.1 Å². The van der Waals surface area contributed by atoms with Crippen molar-refractivity contribution in [3.8, 4) is 0 Å². The van der Waals surface area contributed by atoms with Crippen molar-refractivity contribution in [3.05, 3.63) is 23.3 Å². The summed E-state index contributed by atoms with van der Waals surface area (Å²) in [5.74, 6) is 4.35. The van der Waals surface area contributed by atoms with Crippen LogP contribution in [-0.4, -0.2) is 0 Å². The fraction of sp³-hybridized carbons (Fsp3) is 0.857. The van der Waals surface area contributed by atoms with E-state index in [1.165, 1.54) is 82.6 Å². The molecule has 0 amide bonds. The minimum Gasteiger partial charge on any atom is -0.0996 e. The molecule has 6 unspecified atom stereocenters. The van der Waals surface area contributed by atoms with Crippen LogP contribution in [0, 0.1) is 40.4 Å². The van der Waals surface area contributed by atoms with Gasteiger partial charge in [-0.05, 0) is 105 Å². The van der Waals surface area contributed by atoms with Gasteiger partial charge in [-0.2, -0.15) is 0 Å². The van der Waals surface area contributed by atoms with Crippen LogP contribution < -0.4 is 0 Å². The maximum atomic E-state index is 4.34. The Hall–Kier alpha value is -0.520. The molecule has 0 aromatic heterocycles. The van der Waals surface area contributed by atoms with Crippen LogP contribution in [0.4, 0.5) is 0 Å². The molecule has 0 spiro atoms. The Balaban J connectivity index is 1.53. The normalized spacial score (nSPS) is 41.4. The Morgan fingerprint density at radius 3 is 2.54 bits per heavy atom. The molecule has 0 N–H and O–H groups in total. The first kappa shape index (κ1) is 20.7. The van der Waals surface area contributed by atoms with Gasteiger partial charge in [0, 0.05) is 0 Å². The Morgan fingerprint density at radius 1 is 1.00 bits per heavy atom. The monoisotopic (exact) mass is 382 g/mol. The van der Waals surface area contributed by atoms with Crippen LogP contribution in [-0.2, 0) is 0 Å². The average Bonchev–Trinajstić information content (AvgIpc) is 3.02. The number of allylic oxidation sites excluding steroid dienone is 3. The van der Waals surface area contributed by atoms with Crippen molar-refractivity contribution in [3.63, 3.8) is 0 Å². The van der Waals surface area contributed by atoms with Gasteiger partial charge in [0.15, 0.2) is 0 Å². The number of hydrogen-bond donors (Lipinski definition) is 0. The van der Waals surface area contributed by atoms with Gasteiger partial charge in [0.2, 0.25) is 0 Å². The minimum absolute atomic E-state index is 0.575. The van der Waals surface area contributed by atoms with E-state index in [1.54, 1.807) is 0 Å². The van der Waals surface area contributed by atoms with E-state index in [0.29, 0.717) is 16.7 Å². The quantitative estimate of drug-likeness (QED) is 0.417. The lowest BCUT2D eigenvalue weighted by Gasteiger charge is -2.54. The Morgan fingerprint density at radius 2 is 1.79 bits per heavy atom. The molecule has 0 heteroatoms. The molecule has 4 rings (SSSR count). The van der Waals surface area contributed by atoms with Crippen LogP contribution in [0.1, 0.15) is 112 Å². The highest BCUT2D eigenvalue weighted by atomic mass is 14.6. The Kier molecular flexibility index (Phi) is 5.65. The molecule has 0 aliphatic heterocycles. The predicted octanol–water partition coefficient (Wildman–Crippen LogP) is 8.73. The van der Waals surface area contributed by atoms with E-state index >= 15 is 0 Å². The van der Waals surface area contributed by atoms with Crippen molar-refractivity contribution < 1.29 is 0 Å². The van der Waals surface area contributed by atoms with Crippen LogP contribution in [0.5, 0.6) is 0 Å². The van der Waals surface area contributed by atoms with Crippen LogP contribution in [0.3, 0.4) is 0 Å². The van der Waals surface area contributed by atoms with E-state index in [2.05, 4.69) is 41.2 Å². The zero-order valence-electron chi connectivity index (χ0n) is 19.6. The van der Waals surface area contributed by atoms with Crippen LogP contribution >= 0.6 is 0 Å².